The quantitative estimate of drug-likeness (QED) is 0.231. The molecule has 2 N–H and O–H groups in total. The van der Waals surface area contributed by atoms with E-state index in [0.717, 1.165) is 47.9 Å². The van der Waals surface area contributed by atoms with Gasteiger partial charge in [-0.1, -0.05) is 60.7 Å². The molecule has 0 saturated heterocycles. The first kappa shape index (κ1) is 28.6. The molecule has 0 aliphatic heterocycles. The van der Waals surface area contributed by atoms with Gasteiger partial charge in [-0.2, -0.15) is 10.4 Å². The van der Waals surface area contributed by atoms with Crippen LogP contribution in [-0.2, 0) is 13.6 Å². The maximum atomic E-state index is 13.7. The molecule has 2 aromatic carbocycles. The van der Waals surface area contributed by atoms with Crippen LogP contribution < -0.4 is 15.5 Å². The standard InChI is InChI=1S/C34H33N9O/c1-42-23-28(22-39-42)26-12-17-31(36-20-26)43(34(44)38-19-24-8-4-2-5-9-24)30-15-13-29(14-16-30)40-33-37-21-27(18-35)32(41-33)25-10-6-3-7-11-25/h2-12,17,20-23,29-30H,13-16,19H2,1H3,(H,38,44)(H,37,40,41)/t29-,30+. The molecule has 0 bridgehead atoms. The summed E-state index contributed by atoms with van der Waals surface area (Å²) in [4.78, 5) is 29.3. The minimum atomic E-state index is -0.171. The Morgan fingerprint density at radius 2 is 1.66 bits per heavy atom. The Labute approximate surface area is 256 Å². The van der Waals surface area contributed by atoms with Gasteiger partial charge in [0.25, 0.3) is 0 Å². The van der Waals surface area contributed by atoms with Crippen LogP contribution in [0.4, 0.5) is 16.6 Å². The first-order valence-corrected chi connectivity index (χ1v) is 14.7. The number of amides is 2. The smallest absolute Gasteiger partial charge is 0.323 e. The van der Waals surface area contributed by atoms with E-state index < -0.39 is 0 Å². The normalized spacial score (nSPS) is 16.1. The van der Waals surface area contributed by atoms with Gasteiger partial charge in [0.2, 0.25) is 5.95 Å². The lowest BCUT2D eigenvalue weighted by Crippen LogP contribution is -2.49. The van der Waals surface area contributed by atoms with E-state index in [4.69, 9.17) is 9.97 Å². The van der Waals surface area contributed by atoms with E-state index in [2.05, 4.69) is 26.8 Å². The first-order valence-electron chi connectivity index (χ1n) is 14.7. The van der Waals surface area contributed by atoms with Gasteiger partial charge in [-0.25, -0.2) is 19.7 Å². The average molecular weight is 584 g/mol. The number of rotatable bonds is 8. The second-order valence-electron chi connectivity index (χ2n) is 10.9. The minimum absolute atomic E-state index is 0.0256. The third kappa shape index (κ3) is 6.57. The Hall–Kier alpha value is -5.56. The fourth-order valence-electron chi connectivity index (χ4n) is 5.60. The summed E-state index contributed by atoms with van der Waals surface area (Å²) in [5.74, 6) is 1.11. The van der Waals surface area contributed by atoms with Gasteiger partial charge in [-0.15, -0.1) is 0 Å². The van der Waals surface area contributed by atoms with E-state index in [1.54, 1.807) is 28.2 Å². The van der Waals surface area contributed by atoms with Crippen LogP contribution in [-0.4, -0.2) is 42.8 Å². The molecule has 1 aliphatic carbocycles. The van der Waals surface area contributed by atoms with Gasteiger partial charge in [0.15, 0.2) is 0 Å². The Morgan fingerprint density at radius 3 is 2.32 bits per heavy atom. The molecule has 1 saturated carbocycles. The number of benzene rings is 2. The van der Waals surface area contributed by atoms with Gasteiger partial charge in [-0.3, -0.25) is 9.58 Å². The number of nitriles is 1. The molecule has 44 heavy (non-hydrogen) atoms. The van der Waals surface area contributed by atoms with Crippen LogP contribution in [0.15, 0.2) is 97.6 Å². The number of nitrogens with one attached hydrogen (secondary N) is 2. The van der Waals surface area contributed by atoms with Crippen molar-refractivity contribution in [1.29, 1.82) is 5.26 Å². The molecular formula is C34H33N9O. The van der Waals surface area contributed by atoms with Crippen LogP contribution in [0.2, 0.25) is 0 Å². The third-order valence-corrected chi connectivity index (χ3v) is 7.89. The maximum absolute atomic E-state index is 13.7. The number of aromatic nitrogens is 5. The van der Waals surface area contributed by atoms with Gasteiger partial charge < -0.3 is 10.6 Å². The van der Waals surface area contributed by atoms with Crippen LogP contribution in [0.1, 0.15) is 36.8 Å². The van der Waals surface area contributed by atoms with E-state index in [0.29, 0.717) is 29.6 Å². The van der Waals surface area contributed by atoms with Crippen LogP contribution in [0.5, 0.6) is 0 Å². The molecule has 1 fully saturated rings. The molecule has 0 spiro atoms. The summed E-state index contributed by atoms with van der Waals surface area (Å²) in [7, 11) is 1.88. The van der Waals surface area contributed by atoms with Crippen molar-refractivity contribution in [3.63, 3.8) is 0 Å². The fraction of sp³-hybridized carbons (Fsp3) is 0.235. The van der Waals surface area contributed by atoms with Crippen LogP contribution in [0.3, 0.4) is 0 Å². The lowest BCUT2D eigenvalue weighted by atomic mass is 9.90. The van der Waals surface area contributed by atoms with Crippen LogP contribution >= 0.6 is 0 Å². The molecule has 220 valence electrons. The molecule has 1 aliphatic rings. The highest BCUT2D eigenvalue weighted by Crippen LogP contribution is 2.30. The van der Waals surface area contributed by atoms with Crippen molar-refractivity contribution in [3.05, 3.63) is 109 Å². The predicted molar refractivity (Wildman–Crippen MR) is 169 cm³/mol. The number of aryl methyl sites for hydroxylation is 1. The Balaban J connectivity index is 1.17. The summed E-state index contributed by atoms with van der Waals surface area (Å²) >= 11 is 0. The number of urea groups is 1. The van der Waals surface area contributed by atoms with Crippen molar-refractivity contribution in [1.82, 2.24) is 30.0 Å². The molecule has 3 heterocycles. The number of anilines is 2. The maximum Gasteiger partial charge on any atom is 0.323 e. The first-order chi connectivity index (χ1) is 21.6. The minimum Gasteiger partial charge on any atom is -0.351 e. The predicted octanol–water partition coefficient (Wildman–Crippen LogP) is 5.95. The molecule has 0 unspecified atom stereocenters. The fourth-order valence-corrected chi connectivity index (χ4v) is 5.60. The summed E-state index contributed by atoms with van der Waals surface area (Å²) in [6.07, 6.45) is 10.3. The molecular weight excluding hydrogens is 550 g/mol. The SMILES string of the molecule is Cn1cc(-c2ccc(N(C(=O)NCc3ccccc3)[C@H]3CC[C@@H](Nc4ncc(C#N)c(-c5ccccc5)n4)CC3)nc2)cn1. The lowest BCUT2D eigenvalue weighted by Gasteiger charge is -2.36. The van der Waals surface area contributed by atoms with Crippen LogP contribution in [0.25, 0.3) is 22.4 Å². The molecule has 10 nitrogen and oxygen atoms in total. The number of pyridine rings is 1. The summed E-state index contributed by atoms with van der Waals surface area (Å²) in [6, 6.07) is 25.6. The summed E-state index contributed by atoms with van der Waals surface area (Å²) < 4.78 is 1.75. The number of nitrogens with zero attached hydrogens (tertiary/aromatic N) is 7. The Morgan fingerprint density at radius 1 is 0.909 bits per heavy atom. The molecule has 0 radical (unpaired) electrons. The summed E-state index contributed by atoms with van der Waals surface area (Å²) in [5.41, 5.74) is 4.87. The van der Waals surface area contributed by atoms with Gasteiger partial charge in [0, 0.05) is 54.8 Å². The van der Waals surface area contributed by atoms with Crippen molar-refractivity contribution >= 4 is 17.8 Å². The van der Waals surface area contributed by atoms with Crippen molar-refractivity contribution in [3.8, 4) is 28.5 Å². The van der Waals surface area contributed by atoms with Crippen LogP contribution in [0, 0.1) is 11.3 Å². The molecule has 2 amide bonds. The molecule has 10 heteroatoms. The highest BCUT2D eigenvalue weighted by Gasteiger charge is 2.31. The topological polar surface area (TPSA) is 125 Å². The second-order valence-corrected chi connectivity index (χ2v) is 10.9. The van der Waals surface area contributed by atoms with E-state index in [1.807, 2.05) is 86.0 Å². The number of hydrogen-bond donors (Lipinski definition) is 2. The zero-order valence-electron chi connectivity index (χ0n) is 24.5. The third-order valence-electron chi connectivity index (χ3n) is 7.89. The van der Waals surface area contributed by atoms with E-state index in [1.165, 1.54) is 0 Å². The molecule has 6 rings (SSSR count). The summed E-state index contributed by atoms with van der Waals surface area (Å²) in [5, 5.41) is 20.4. The van der Waals surface area contributed by atoms with Crippen molar-refractivity contribution < 1.29 is 4.79 Å². The molecule has 0 atom stereocenters. The van der Waals surface area contributed by atoms with E-state index >= 15 is 0 Å². The van der Waals surface area contributed by atoms with Gasteiger partial charge in [0.05, 0.1) is 23.7 Å². The average Bonchev–Trinajstić information content (AvgIpc) is 3.52. The summed E-state index contributed by atoms with van der Waals surface area (Å²) in [6.45, 7) is 0.431. The number of carbonyl (C=O) groups excluding carboxylic acids is 1. The monoisotopic (exact) mass is 583 g/mol. The van der Waals surface area contributed by atoms with E-state index in [9.17, 15) is 10.1 Å². The Bertz CT molecular complexity index is 1740. The zero-order chi connectivity index (χ0) is 30.3. The second kappa shape index (κ2) is 13.2. The van der Waals surface area contributed by atoms with Gasteiger partial charge >= 0.3 is 6.03 Å². The lowest BCUT2D eigenvalue weighted by molar-refractivity contribution is 0.240. The molecule has 3 aromatic heterocycles. The highest BCUT2D eigenvalue weighted by atomic mass is 16.2. The van der Waals surface area contributed by atoms with Crippen molar-refractivity contribution in [2.45, 2.75) is 44.3 Å². The largest absolute Gasteiger partial charge is 0.351 e. The number of hydrogen-bond acceptors (Lipinski definition) is 7. The van der Waals surface area contributed by atoms with E-state index in [-0.39, 0.29) is 18.1 Å². The Kier molecular flexibility index (Phi) is 8.55. The van der Waals surface area contributed by atoms with Crippen molar-refractivity contribution in [2.24, 2.45) is 7.05 Å². The number of carbonyl (C=O) groups is 1. The van der Waals surface area contributed by atoms with Gasteiger partial charge in [-0.05, 0) is 43.4 Å². The zero-order valence-corrected chi connectivity index (χ0v) is 24.5. The van der Waals surface area contributed by atoms with Crippen molar-refractivity contribution in [2.75, 3.05) is 10.2 Å². The van der Waals surface area contributed by atoms with Gasteiger partial charge in [0.1, 0.15) is 11.9 Å². The highest BCUT2D eigenvalue weighted by molar-refractivity contribution is 5.91. The molecule has 5 aromatic rings.